The van der Waals surface area contributed by atoms with E-state index in [1.807, 2.05) is 6.20 Å². The molecular formula is C15H21N3. The molecule has 0 radical (unpaired) electrons. The van der Waals surface area contributed by atoms with Gasteiger partial charge in [-0.15, -0.1) is 0 Å². The lowest BCUT2D eigenvalue weighted by Gasteiger charge is -2.22. The SMILES string of the molecule is CCN1CCCC1Cc1ncc2c(C)cccn12. The molecule has 2 aromatic heterocycles. The molecule has 2 aromatic rings. The maximum Gasteiger partial charge on any atom is 0.114 e. The van der Waals surface area contributed by atoms with Crippen molar-refractivity contribution in [1.29, 1.82) is 0 Å². The second kappa shape index (κ2) is 4.73. The van der Waals surface area contributed by atoms with Crippen LogP contribution in [0.4, 0.5) is 0 Å². The normalized spacial score (nSPS) is 20.9. The van der Waals surface area contributed by atoms with E-state index in [0.717, 1.165) is 13.0 Å². The Hall–Kier alpha value is -1.35. The van der Waals surface area contributed by atoms with Gasteiger partial charge in [0, 0.05) is 18.7 Å². The van der Waals surface area contributed by atoms with Crippen LogP contribution in [0.3, 0.4) is 0 Å². The first-order valence-corrected chi connectivity index (χ1v) is 6.95. The van der Waals surface area contributed by atoms with E-state index >= 15 is 0 Å². The predicted octanol–water partition coefficient (Wildman–Crippen LogP) is 2.67. The van der Waals surface area contributed by atoms with Crippen molar-refractivity contribution in [1.82, 2.24) is 14.3 Å². The van der Waals surface area contributed by atoms with E-state index in [1.54, 1.807) is 0 Å². The Labute approximate surface area is 108 Å². The van der Waals surface area contributed by atoms with Gasteiger partial charge in [0.05, 0.1) is 11.7 Å². The third-order valence-corrected chi connectivity index (χ3v) is 4.18. The van der Waals surface area contributed by atoms with Crippen molar-refractivity contribution >= 4 is 5.52 Å². The fourth-order valence-corrected chi connectivity index (χ4v) is 3.12. The van der Waals surface area contributed by atoms with Crippen molar-refractivity contribution in [3.05, 3.63) is 35.9 Å². The standard InChI is InChI=1S/C15H21N3/c1-3-17-8-5-7-13(17)10-15-16-11-14-12(2)6-4-9-18(14)15/h4,6,9,11,13H,3,5,7-8,10H2,1-2H3. The predicted molar refractivity (Wildman–Crippen MR) is 73.9 cm³/mol. The van der Waals surface area contributed by atoms with Crippen molar-refractivity contribution in [2.45, 2.75) is 39.2 Å². The average Bonchev–Trinajstić information content (AvgIpc) is 2.98. The number of likely N-dealkylation sites (N-methyl/N-ethyl adjacent to an activating group) is 1. The largest absolute Gasteiger partial charge is 0.303 e. The topological polar surface area (TPSA) is 20.5 Å². The van der Waals surface area contributed by atoms with Crippen molar-refractivity contribution in [3.8, 4) is 0 Å². The van der Waals surface area contributed by atoms with E-state index < -0.39 is 0 Å². The van der Waals surface area contributed by atoms with Crippen LogP contribution in [0.15, 0.2) is 24.5 Å². The first-order chi connectivity index (χ1) is 8.79. The second-order valence-corrected chi connectivity index (χ2v) is 5.25. The highest BCUT2D eigenvalue weighted by molar-refractivity contribution is 5.53. The third-order valence-electron chi connectivity index (χ3n) is 4.18. The molecule has 0 N–H and O–H groups in total. The van der Waals surface area contributed by atoms with Crippen LogP contribution in [0.1, 0.15) is 31.2 Å². The summed E-state index contributed by atoms with van der Waals surface area (Å²) in [7, 11) is 0. The Morgan fingerprint density at radius 1 is 1.44 bits per heavy atom. The average molecular weight is 243 g/mol. The maximum atomic E-state index is 4.62. The molecule has 3 heterocycles. The molecule has 3 heteroatoms. The van der Waals surface area contributed by atoms with Crippen LogP contribution in [0.25, 0.3) is 5.52 Å². The number of nitrogens with zero attached hydrogens (tertiary/aromatic N) is 3. The number of pyridine rings is 1. The van der Waals surface area contributed by atoms with Crippen molar-refractivity contribution < 1.29 is 0 Å². The van der Waals surface area contributed by atoms with Gasteiger partial charge in [-0.25, -0.2) is 4.98 Å². The Morgan fingerprint density at radius 3 is 3.17 bits per heavy atom. The summed E-state index contributed by atoms with van der Waals surface area (Å²) in [6.07, 6.45) is 7.87. The molecule has 0 aliphatic carbocycles. The number of fused-ring (bicyclic) bond motifs is 1. The maximum absolute atomic E-state index is 4.62. The van der Waals surface area contributed by atoms with Crippen LogP contribution in [0, 0.1) is 6.92 Å². The number of aromatic nitrogens is 2. The minimum absolute atomic E-state index is 0.682. The molecule has 1 aliphatic rings. The summed E-state index contributed by atoms with van der Waals surface area (Å²) in [5.41, 5.74) is 2.54. The number of hydrogen-bond acceptors (Lipinski definition) is 2. The molecule has 1 unspecified atom stereocenters. The summed E-state index contributed by atoms with van der Waals surface area (Å²) in [6.45, 7) is 6.82. The summed E-state index contributed by atoms with van der Waals surface area (Å²) in [4.78, 5) is 7.20. The van der Waals surface area contributed by atoms with Gasteiger partial charge >= 0.3 is 0 Å². The molecule has 1 atom stereocenters. The minimum atomic E-state index is 0.682. The molecule has 0 aromatic carbocycles. The summed E-state index contributed by atoms with van der Waals surface area (Å²) in [5.74, 6) is 1.21. The van der Waals surface area contributed by atoms with Crippen molar-refractivity contribution in [3.63, 3.8) is 0 Å². The molecule has 0 spiro atoms. The smallest absolute Gasteiger partial charge is 0.114 e. The number of hydrogen-bond donors (Lipinski definition) is 0. The highest BCUT2D eigenvalue weighted by atomic mass is 15.2. The Balaban J connectivity index is 1.89. The van der Waals surface area contributed by atoms with Gasteiger partial charge in [-0.3, -0.25) is 0 Å². The molecule has 0 amide bonds. The molecule has 3 rings (SSSR count). The van der Waals surface area contributed by atoms with E-state index in [9.17, 15) is 0 Å². The van der Waals surface area contributed by atoms with Gasteiger partial charge in [0.25, 0.3) is 0 Å². The van der Waals surface area contributed by atoms with Gasteiger partial charge in [-0.05, 0) is 44.5 Å². The number of likely N-dealkylation sites (tertiary alicyclic amines) is 1. The Bertz CT molecular complexity index is 544. The van der Waals surface area contributed by atoms with Crippen LogP contribution in [0.2, 0.25) is 0 Å². The first kappa shape index (κ1) is 11.7. The van der Waals surface area contributed by atoms with Gasteiger partial charge in [0.2, 0.25) is 0 Å². The van der Waals surface area contributed by atoms with E-state index in [4.69, 9.17) is 0 Å². The molecule has 1 saturated heterocycles. The van der Waals surface area contributed by atoms with E-state index in [1.165, 1.54) is 36.3 Å². The van der Waals surface area contributed by atoms with Crippen LogP contribution < -0.4 is 0 Å². The summed E-state index contributed by atoms with van der Waals surface area (Å²) >= 11 is 0. The second-order valence-electron chi connectivity index (χ2n) is 5.25. The zero-order valence-electron chi connectivity index (χ0n) is 11.3. The summed E-state index contributed by atoms with van der Waals surface area (Å²) in [5, 5.41) is 0. The molecule has 1 fully saturated rings. The number of rotatable bonds is 3. The monoisotopic (exact) mass is 243 g/mol. The first-order valence-electron chi connectivity index (χ1n) is 6.95. The van der Waals surface area contributed by atoms with Gasteiger partial charge < -0.3 is 9.30 Å². The lowest BCUT2D eigenvalue weighted by atomic mass is 10.1. The Kier molecular flexibility index (Phi) is 3.08. The van der Waals surface area contributed by atoms with Gasteiger partial charge in [-0.2, -0.15) is 0 Å². The van der Waals surface area contributed by atoms with Crippen molar-refractivity contribution in [2.24, 2.45) is 0 Å². The molecule has 0 saturated carbocycles. The highest BCUT2D eigenvalue weighted by Gasteiger charge is 2.24. The zero-order chi connectivity index (χ0) is 12.5. The van der Waals surface area contributed by atoms with Crippen LogP contribution in [0.5, 0.6) is 0 Å². The van der Waals surface area contributed by atoms with Crippen LogP contribution in [-0.4, -0.2) is 33.4 Å². The van der Waals surface area contributed by atoms with Gasteiger partial charge in [0.15, 0.2) is 0 Å². The lowest BCUT2D eigenvalue weighted by Crippen LogP contribution is -2.31. The lowest BCUT2D eigenvalue weighted by molar-refractivity contribution is 0.263. The molecular weight excluding hydrogens is 222 g/mol. The molecule has 0 bridgehead atoms. The van der Waals surface area contributed by atoms with Gasteiger partial charge in [-0.1, -0.05) is 13.0 Å². The van der Waals surface area contributed by atoms with E-state index in [-0.39, 0.29) is 0 Å². The van der Waals surface area contributed by atoms with Crippen molar-refractivity contribution in [2.75, 3.05) is 13.1 Å². The summed E-state index contributed by atoms with van der Waals surface area (Å²) < 4.78 is 2.25. The molecule has 3 nitrogen and oxygen atoms in total. The molecule has 1 aliphatic heterocycles. The van der Waals surface area contributed by atoms with E-state index in [2.05, 4.69) is 46.5 Å². The number of imidazole rings is 1. The third kappa shape index (κ3) is 1.93. The highest BCUT2D eigenvalue weighted by Crippen LogP contribution is 2.21. The fraction of sp³-hybridized carbons (Fsp3) is 0.533. The molecule has 96 valence electrons. The minimum Gasteiger partial charge on any atom is -0.303 e. The van der Waals surface area contributed by atoms with Crippen LogP contribution >= 0.6 is 0 Å². The fourth-order valence-electron chi connectivity index (χ4n) is 3.12. The van der Waals surface area contributed by atoms with Crippen LogP contribution in [-0.2, 0) is 6.42 Å². The number of aryl methyl sites for hydroxylation is 1. The Morgan fingerprint density at radius 2 is 2.33 bits per heavy atom. The molecule has 18 heavy (non-hydrogen) atoms. The quantitative estimate of drug-likeness (QED) is 0.826. The van der Waals surface area contributed by atoms with E-state index in [0.29, 0.717) is 6.04 Å². The summed E-state index contributed by atoms with van der Waals surface area (Å²) in [6, 6.07) is 4.94. The zero-order valence-corrected chi connectivity index (χ0v) is 11.3. The van der Waals surface area contributed by atoms with Gasteiger partial charge in [0.1, 0.15) is 5.82 Å².